The van der Waals surface area contributed by atoms with Crippen LogP contribution in [0.4, 0.5) is 0 Å². The van der Waals surface area contributed by atoms with Gasteiger partial charge in [0, 0.05) is 25.0 Å². The van der Waals surface area contributed by atoms with Gasteiger partial charge in [-0.15, -0.1) is 35.3 Å². The molecule has 0 bridgehead atoms. The van der Waals surface area contributed by atoms with E-state index in [4.69, 9.17) is 0 Å². The SMILES string of the molecule is CN=C(NCCNS(C)(=O)=O)NC(C)c1cccs1.I. The predicted molar refractivity (Wildman–Crippen MR) is 95.5 cm³/mol. The molecule has 0 aliphatic rings. The normalized spacial score (nSPS) is 13.4. The highest BCUT2D eigenvalue weighted by Gasteiger charge is 2.08. The Bertz CT molecular complexity index is 503. The molecular formula is C11H21IN4O2S2. The molecule has 1 heterocycles. The van der Waals surface area contributed by atoms with E-state index in [-0.39, 0.29) is 30.0 Å². The maximum Gasteiger partial charge on any atom is 0.208 e. The van der Waals surface area contributed by atoms with Gasteiger partial charge in [0.1, 0.15) is 0 Å². The van der Waals surface area contributed by atoms with Crippen molar-refractivity contribution in [2.45, 2.75) is 13.0 Å². The molecule has 116 valence electrons. The summed E-state index contributed by atoms with van der Waals surface area (Å²) in [5.41, 5.74) is 0. The molecule has 1 unspecified atom stereocenters. The summed E-state index contributed by atoms with van der Waals surface area (Å²) >= 11 is 1.68. The molecular weight excluding hydrogens is 411 g/mol. The van der Waals surface area contributed by atoms with Gasteiger partial charge in [-0.25, -0.2) is 13.1 Å². The fourth-order valence-electron chi connectivity index (χ4n) is 1.43. The fourth-order valence-corrected chi connectivity index (χ4v) is 2.63. The van der Waals surface area contributed by atoms with Crippen molar-refractivity contribution in [1.29, 1.82) is 0 Å². The van der Waals surface area contributed by atoms with E-state index in [2.05, 4.69) is 26.4 Å². The first-order valence-electron chi connectivity index (χ1n) is 5.87. The Balaban J connectivity index is 0.00000361. The molecule has 0 spiro atoms. The summed E-state index contributed by atoms with van der Waals surface area (Å²) in [4.78, 5) is 5.31. The second-order valence-corrected chi connectivity index (χ2v) is 6.86. The Kier molecular flexibility index (Phi) is 9.34. The third kappa shape index (κ3) is 8.02. The molecule has 0 aliphatic heterocycles. The van der Waals surface area contributed by atoms with E-state index in [1.165, 1.54) is 4.88 Å². The summed E-state index contributed by atoms with van der Waals surface area (Å²) < 4.78 is 24.2. The van der Waals surface area contributed by atoms with Crippen LogP contribution in [0.15, 0.2) is 22.5 Å². The largest absolute Gasteiger partial charge is 0.355 e. The number of guanidine groups is 1. The highest BCUT2D eigenvalue weighted by molar-refractivity contribution is 14.0. The van der Waals surface area contributed by atoms with E-state index < -0.39 is 10.0 Å². The van der Waals surface area contributed by atoms with Gasteiger partial charge in [0.15, 0.2) is 5.96 Å². The van der Waals surface area contributed by atoms with Gasteiger partial charge in [0.05, 0.1) is 12.3 Å². The minimum atomic E-state index is -3.14. The number of halogens is 1. The highest BCUT2D eigenvalue weighted by atomic mass is 127. The number of hydrogen-bond acceptors (Lipinski definition) is 4. The van der Waals surface area contributed by atoms with Gasteiger partial charge in [-0.3, -0.25) is 4.99 Å². The molecule has 0 fully saturated rings. The van der Waals surface area contributed by atoms with Crippen LogP contribution in [0.3, 0.4) is 0 Å². The molecule has 3 N–H and O–H groups in total. The lowest BCUT2D eigenvalue weighted by Gasteiger charge is -2.16. The van der Waals surface area contributed by atoms with Gasteiger partial charge >= 0.3 is 0 Å². The lowest BCUT2D eigenvalue weighted by Crippen LogP contribution is -2.42. The number of aliphatic imine (C=N–C) groups is 1. The summed E-state index contributed by atoms with van der Waals surface area (Å²) in [5.74, 6) is 0.649. The van der Waals surface area contributed by atoms with Crippen molar-refractivity contribution in [2.75, 3.05) is 26.4 Å². The zero-order valence-corrected chi connectivity index (χ0v) is 15.7. The van der Waals surface area contributed by atoms with Crippen LogP contribution in [0.25, 0.3) is 0 Å². The van der Waals surface area contributed by atoms with Gasteiger partial charge < -0.3 is 10.6 Å². The van der Waals surface area contributed by atoms with Crippen molar-refractivity contribution in [3.8, 4) is 0 Å². The van der Waals surface area contributed by atoms with Crippen molar-refractivity contribution >= 4 is 51.3 Å². The number of sulfonamides is 1. The molecule has 0 amide bonds. The van der Waals surface area contributed by atoms with E-state index >= 15 is 0 Å². The maximum atomic E-state index is 10.9. The van der Waals surface area contributed by atoms with Crippen molar-refractivity contribution in [1.82, 2.24) is 15.4 Å². The second-order valence-electron chi connectivity index (χ2n) is 4.05. The van der Waals surface area contributed by atoms with Crippen LogP contribution in [-0.4, -0.2) is 40.8 Å². The fraction of sp³-hybridized carbons (Fsp3) is 0.545. The summed E-state index contributed by atoms with van der Waals surface area (Å²) in [6.07, 6.45) is 1.14. The molecule has 0 radical (unpaired) electrons. The van der Waals surface area contributed by atoms with Crippen LogP contribution in [0.2, 0.25) is 0 Å². The Morgan fingerprint density at radius 3 is 2.65 bits per heavy atom. The molecule has 1 atom stereocenters. The second kappa shape index (κ2) is 9.53. The van der Waals surface area contributed by atoms with Crippen molar-refractivity contribution in [2.24, 2.45) is 4.99 Å². The van der Waals surface area contributed by atoms with Crippen LogP contribution in [0.1, 0.15) is 17.8 Å². The number of nitrogens with zero attached hydrogens (tertiary/aromatic N) is 1. The number of rotatable bonds is 6. The molecule has 1 aromatic rings. The zero-order chi connectivity index (χ0) is 14.3. The Morgan fingerprint density at radius 1 is 1.45 bits per heavy atom. The average molecular weight is 432 g/mol. The summed E-state index contributed by atoms with van der Waals surface area (Å²) in [6.45, 7) is 2.85. The van der Waals surface area contributed by atoms with Gasteiger partial charge in [-0.05, 0) is 18.4 Å². The average Bonchev–Trinajstić information content (AvgIpc) is 2.85. The van der Waals surface area contributed by atoms with Crippen LogP contribution >= 0.6 is 35.3 Å². The van der Waals surface area contributed by atoms with Crippen LogP contribution < -0.4 is 15.4 Å². The number of hydrogen-bond donors (Lipinski definition) is 3. The summed E-state index contributed by atoms with van der Waals surface area (Å²) in [7, 11) is -1.45. The van der Waals surface area contributed by atoms with Crippen LogP contribution in [-0.2, 0) is 10.0 Å². The first-order chi connectivity index (χ1) is 8.92. The highest BCUT2D eigenvalue weighted by Crippen LogP contribution is 2.17. The standard InChI is InChI=1S/C11H20N4O2S2.HI/c1-9(10-5-4-8-18-10)15-11(12-2)13-6-7-14-19(3,16)17;/h4-5,8-9,14H,6-7H2,1-3H3,(H2,12,13,15);1H. The first-order valence-corrected chi connectivity index (χ1v) is 8.64. The van der Waals surface area contributed by atoms with Crippen LogP contribution in [0.5, 0.6) is 0 Å². The molecule has 0 saturated heterocycles. The third-order valence-corrected chi connectivity index (χ3v) is 4.11. The molecule has 1 rings (SSSR count). The zero-order valence-electron chi connectivity index (χ0n) is 11.7. The van der Waals surface area contributed by atoms with Crippen molar-refractivity contribution < 1.29 is 8.42 Å². The van der Waals surface area contributed by atoms with Crippen molar-refractivity contribution in [3.63, 3.8) is 0 Å². The van der Waals surface area contributed by atoms with Gasteiger partial charge in [0.2, 0.25) is 10.0 Å². The lowest BCUT2D eigenvalue weighted by molar-refractivity contribution is 0.586. The Hall–Kier alpha value is -0.390. The molecule has 9 heteroatoms. The van der Waals surface area contributed by atoms with Gasteiger partial charge in [0.25, 0.3) is 0 Å². The molecule has 0 aliphatic carbocycles. The third-order valence-electron chi connectivity index (χ3n) is 2.33. The maximum absolute atomic E-state index is 10.9. The summed E-state index contributed by atoms with van der Waals surface area (Å²) in [6, 6.07) is 4.22. The minimum absolute atomic E-state index is 0. The molecule has 0 aromatic carbocycles. The Labute approximate surface area is 141 Å². The molecule has 0 saturated carbocycles. The van der Waals surface area contributed by atoms with Gasteiger partial charge in [-0.2, -0.15) is 0 Å². The smallest absolute Gasteiger partial charge is 0.208 e. The van der Waals surface area contributed by atoms with Gasteiger partial charge in [-0.1, -0.05) is 6.07 Å². The minimum Gasteiger partial charge on any atom is -0.355 e. The van der Waals surface area contributed by atoms with Crippen LogP contribution in [0, 0.1) is 0 Å². The van der Waals surface area contributed by atoms with E-state index in [1.807, 2.05) is 18.4 Å². The topological polar surface area (TPSA) is 82.6 Å². The number of nitrogens with one attached hydrogen (secondary N) is 3. The van der Waals surface area contributed by atoms with Crippen molar-refractivity contribution in [3.05, 3.63) is 22.4 Å². The van der Waals surface area contributed by atoms with E-state index in [9.17, 15) is 8.42 Å². The van der Waals surface area contributed by atoms with E-state index in [0.717, 1.165) is 6.26 Å². The molecule has 1 aromatic heterocycles. The lowest BCUT2D eigenvalue weighted by atomic mass is 10.3. The summed E-state index contributed by atoms with van der Waals surface area (Å²) in [5, 5.41) is 8.32. The molecule has 6 nitrogen and oxygen atoms in total. The first kappa shape index (κ1) is 19.6. The molecule has 20 heavy (non-hydrogen) atoms. The van der Waals surface area contributed by atoms with E-state index in [1.54, 1.807) is 18.4 Å². The number of thiophene rings is 1. The Morgan fingerprint density at radius 2 is 2.15 bits per heavy atom. The monoisotopic (exact) mass is 432 g/mol. The predicted octanol–water partition coefficient (Wildman–Crippen LogP) is 1.14. The van der Waals surface area contributed by atoms with E-state index in [0.29, 0.717) is 19.0 Å². The quantitative estimate of drug-likeness (QED) is 0.273.